The average molecular weight is 429 g/mol. The Kier molecular flexibility index (Phi) is 7.65. The van der Waals surface area contributed by atoms with Gasteiger partial charge in [0.1, 0.15) is 0 Å². The lowest BCUT2D eigenvalue weighted by molar-refractivity contribution is -0.116. The second kappa shape index (κ2) is 10.4. The summed E-state index contributed by atoms with van der Waals surface area (Å²) >= 11 is 0. The van der Waals surface area contributed by atoms with Crippen LogP contribution in [0.1, 0.15) is 37.0 Å². The Bertz CT molecular complexity index is 956. The van der Waals surface area contributed by atoms with Crippen LogP contribution in [0.2, 0.25) is 0 Å². The Morgan fingerprint density at radius 3 is 2.57 bits per heavy atom. The van der Waals surface area contributed by atoms with Gasteiger partial charge in [0.25, 0.3) is 0 Å². The van der Waals surface area contributed by atoms with Crippen LogP contribution < -0.4 is 9.62 Å². The zero-order valence-electron chi connectivity index (χ0n) is 17.2. The molecule has 2 aromatic rings. The number of amides is 1. The largest absolute Gasteiger partial charge is 0.374 e. The first-order valence-corrected chi connectivity index (χ1v) is 11.8. The number of ether oxygens (including phenoxy) is 1. The Labute approximate surface area is 178 Å². The molecule has 0 saturated carbocycles. The van der Waals surface area contributed by atoms with Crippen molar-refractivity contribution >= 4 is 27.7 Å². The molecule has 160 valence electrons. The maximum atomic E-state index is 12.0. The summed E-state index contributed by atoms with van der Waals surface area (Å²) in [6, 6.07) is 17.2. The summed E-state index contributed by atoms with van der Waals surface area (Å²) in [5, 5.41) is 2.84. The Morgan fingerprint density at radius 1 is 1.17 bits per heavy atom. The first-order valence-electron chi connectivity index (χ1n) is 10.2. The van der Waals surface area contributed by atoms with Crippen molar-refractivity contribution in [3.63, 3.8) is 0 Å². The number of rotatable bonds is 9. The van der Waals surface area contributed by atoms with Crippen LogP contribution in [0.5, 0.6) is 0 Å². The van der Waals surface area contributed by atoms with E-state index in [4.69, 9.17) is 4.74 Å². The number of carbonyl (C=O) groups excluding carboxylic acids is 1. The SMILES string of the molecule is CC(OCCCNC(=O)/C=C/c1ccc(N2CCCS2(=O)=O)cc1)c1ccccc1. The molecule has 6 nitrogen and oxygen atoms in total. The van der Waals surface area contributed by atoms with E-state index in [0.717, 1.165) is 17.5 Å². The molecule has 1 aliphatic heterocycles. The van der Waals surface area contributed by atoms with Crippen molar-refractivity contribution in [1.82, 2.24) is 5.32 Å². The molecular weight excluding hydrogens is 400 g/mol. The second-order valence-corrected chi connectivity index (χ2v) is 9.25. The number of hydrogen-bond donors (Lipinski definition) is 1. The van der Waals surface area contributed by atoms with Crippen molar-refractivity contribution in [2.45, 2.75) is 25.9 Å². The highest BCUT2D eigenvalue weighted by Gasteiger charge is 2.28. The van der Waals surface area contributed by atoms with Crippen molar-refractivity contribution in [1.29, 1.82) is 0 Å². The molecule has 1 heterocycles. The molecule has 1 N–H and O–H groups in total. The minimum absolute atomic E-state index is 0.0281. The summed E-state index contributed by atoms with van der Waals surface area (Å²) in [6.07, 6.45) is 4.61. The van der Waals surface area contributed by atoms with Gasteiger partial charge in [-0.25, -0.2) is 8.42 Å². The maximum Gasteiger partial charge on any atom is 0.244 e. The average Bonchev–Trinajstić information content (AvgIpc) is 3.11. The number of anilines is 1. The Hall–Kier alpha value is -2.64. The van der Waals surface area contributed by atoms with Crippen LogP contribution >= 0.6 is 0 Å². The Morgan fingerprint density at radius 2 is 1.90 bits per heavy atom. The van der Waals surface area contributed by atoms with Crippen LogP contribution in [-0.2, 0) is 19.6 Å². The fourth-order valence-corrected chi connectivity index (χ4v) is 4.84. The molecular formula is C23H28N2O4S. The predicted octanol–water partition coefficient (Wildman–Crippen LogP) is 3.52. The lowest BCUT2D eigenvalue weighted by Crippen LogP contribution is -2.24. The van der Waals surface area contributed by atoms with E-state index in [1.807, 2.05) is 49.4 Å². The highest BCUT2D eigenvalue weighted by molar-refractivity contribution is 7.93. The lowest BCUT2D eigenvalue weighted by atomic mass is 10.1. The smallest absolute Gasteiger partial charge is 0.244 e. The molecule has 0 bridgehead atoms. The van der Waals surface area contributed by atoms with E-state index in [-0.39, 0.29) is 17.8 Å². The minimum Gasteiger partial charge on any atom is -0.374 e. The van der Waals surface area contributed by atoms with Gasteiger partial charge in [-0.15, -0.1) is 0 Å². The van der Waals surface area contributed by atoms with Gasteiger partial charge in [-0.2, -0.15) is 0 Å². The van der Waals surface area contributed by atoms with Gasteiger partial charge in [-0.3, -0.25) is 9.10 Å². The van der Waals surface area contributed by atoms with Gasteiger partial charge < -0.3 is 10.1 Å². The zero-order chi connectivity index (χ0) is 21.4. The van der Waals surface area contributed by atoms with Crippen molar-refractivity contribution in [2.24, 2.45) is 0 Å². The van der Waals surface area contributed by atoms with E-state index in [1.54, 1.807) is 18.2 Å². The highest BCUT2D eigenvalue weighted by Crippen LogP contribution is 2.24. The van der Waals surface area contributed by atoms with Gasteiger partial charge in [0, 0.05) is 25.8 Å². The summed E-state index contributed by atoms with van der Waals surface area (Å²) in [5.41, 5.74) is 2.64. The van der Waals surface area contributed by atoms with Crippen LogP contribution in [-0.4, -0.2) is 39.8 Å². The molecule has 0 spiro atoms. The van der Waals surface area contributed by atoms with Gasteiger partial charge in [-0.05, 0) is 49.1 Å². The number of hydrogen-bond acceptors (Lipinski definition) is 4. The molecule has 0 radical (unpaired) electrons. The fraction of sp³-hybridized carbons (Fsp3) is 0.348. The number of nitrogens with one attached hydrogen (secondary N) is 1. The molecule has 1 atom stereocenters. The zero-order valence-corrected chi connectivity index (χ0v) is 18.0. The van der Waals surface area contributed by atoms with Gasteiger partial charge in [0.2, 0.25) is 15.9 Å². The van der Waals surface area contributed by atoms with Crippen LogP contribution in [0.4, 0.5) is 5.69 Å². The van der Waals surface area contributed by atoms with Gasteiger partial charge in [-0.1, -0.05) is 42.5 Å². The van der Waals surface area contributed by atoms with Crippen LogP contribution in [0.15, 0.2) is 60.7 Å². The van der Waals surface area contributed by atoms with Crippen LogP contribution in [0.3, 0.4) is 0 Å². The standard InChI is InChI=1S/C23H28N2O4S/c1-19(21-7-3-2-4-8-21)29-17-5-15-24-23(26)14-11-20-9-12-22(13-10-20)25-16-6-18-30(25,27)28/h2-4,7-14,19H,5-6,15-18H2,1H3,(H,24,26)/b14-11+. The van der Waals surface area contributed by atoms with Crippen molar-refractivity contribution in [3.05, 3.63) is 71.8 Å². The fourth-order valence-electron chi connectivity index (χ4n) is 3.28. The van der Waals surface area contributed by atoms with E-state index >= 15 is 0 Å². The molecule has 1 fully saturated rings. The maximum absolute atomic E-state index is 12.0. The first-order chi connectivity index (χ1) is 14.5. The summed E-state index contributed by atoms with van der Waals surface area (Å²) < 4.78 is 31.2. The molecule has 30 heavy (non-hydrogen) atoms. The number of sulfonamides is 1. The lowest BCUT2D eigenvalue weighted by Gasteiger charge is -2.16. The third-order valence-electron chi connectivity index (χ3n) is 4.96. The monoisotopic (exact) mass is 428 g/mol. The van der Waals surface area contributed by atoms with Gasteiger partial charge in [0.15, 0.2) is 0 Å². The number of nitrogens with zero attached hydrogens (tertiary/aromatic N) is 1. The quantitative estimate of drug-likeness (QED) is 0.490. The summed E-state index contributed by atoms with van der Waals surface area (Å²) in [4.78, 5) is 12.0. The van der Waals surface area contributed by atoms with Crippen molar-refractivity contribution < 1.29 is 17.9 Å². The number of carbonyl (C=O) groups is 1. The summed E-state index contributed by atoms with van der Waals surface area (Å²) in [5.74, 6) is 0.0303. The summed E-state index contributed by atoms with van der Waals surface area (Å²) in [6.45, 7) is 3.65. The highest BCUT2D eigenvalue weighted by atomic mass is 32.2. The predicted molar refractivity (Wildman–Crippen MR) is 120 cm³/mol. The van der Waals surface area contributed by atoms with Crippen molar-refractivity contribution in [2.75, 3.05) is 29.8 Å². The van der Waals surface area contributed by atoms with Crippen LogP contribution in [0.25, 0.3) is 6.08 Å². The molecule has 1 unspecified atom stereocenters. The molecule has 1 saturated heterocycles. The molecule has 7 heteroatoms. The van der Waals surface area contributed by atoms with E-state index in [2.05, 4.69) is 5.32 Å². The summed E-state index contributed by atoms with van der Waals surface area (Å²) in [7, 11) is -3.17. The molecule has 2 aromatic carbocycles. The topological polar surface area (TPSA) is 75.7 Å². The normalized spacial score (nSPS) is 16.6. The molecule has 1 aliphatic rings. The number of benzene rings is 2. The van der Waals surface area contributed by atoms with Gasteiger partial charge >= 0.3 is 0 Å². The van der Waals surface area contributed by atoms with E-state index < -0.39 is 10.0 Å². The van der Waals surface area contributed by atoms with E-state index in [9.17, 15) is 13.2 Å². The minimum atomic E-state index is -3.17. The molecule has 3 rings (SSSR count). The molecule has 0 aromatic heterocycles. The third-order valence-corrected chi connectivity index (χ3v) is 6.83. The third kappa shape index (κ3) is 6.18. The van der Waals surface area contributed by atoms with E-state index in [0.29, 0.717) is 31.8 Å². The van der Waals surface area contributed by atoms with E-state index in [1.165, 1.54) is 10.4 Å². The van der Waals surface area contributed by atoms with Crippen molar-refractivity contribution in [3.8, 4) is 0 Å². The first kappa shape index (κ1) is 22.1. The Balaban J connectivity index is 1.37. The second-order valence-electron chi connectivity index (χ2n) is 7.23. The van der Waals surface area contributed by atoms with Crippen LogP contribution in [0, 0.1) is 0 Å². The molecule has 0 aliphatic carbocycles. The van der Waals surface area contributed by atoms with Gasteiger partial charge in [0.05, 0.1) is 17.5 Å². The molecule has 1 amide bonds.